The summed E-state index contributed by atoms with van der Waals surface area (Å²) in [7, 11) is 1.62. The second-order valence-electron chi connectivity index (χ2n) is 6.78. The molecule has 4 N–H and O–H groups in total. The Hall–Kier alpha value is -2.67. The van der Waals surface area contributed by atoms with Gasteiger partial charge < -0.3 is 15.2 Å². The van der Waals surface area contributed by atoms with Crippen LogP contribution in [0.25, 0.3) is 5.57 Å². The Kier molecular flexibility index (Phi) is 7.75. The quantitative estimate of drug-likeness (QED) is 0.343. The minimum Gasteiger partial charge on any atom is -0.497 e. The molecular formula is C21H28FN3O3. The molecule has 0 aromatic heterocycles. The van der Waals surface area contributed by atoms with Crippen LogP contribution in [0.5, 0.6) is 0 Å². The predicted octanol–water partition coefficient (Wildman–Crippen LogP) is 3.15. The number of rotatable bonds is 9. The zero-order valence-corrected chi connectivity index (χ0v) is 16.3. The highest BCUT2D eigenvalue weighted by Crippen LogP contribution is 2.42. The van der Waals surface area contributed by atoms with Crippen LogP contribution < -0.4 is 11.1 Å². The lowest BCUT2D eigenvalue weighted by molar-refractivity contribution is -0.120. The van der Waals surface area contributed by atoms with Crippen molar-refractivity contribution in [2.24, 2.45) is 11.7 Å². The van der Waals surface area contributed by atoms with E-state index in [2.05, 4.69) is 5.32 Å². The van der Waals surface area contributed by atoms with E-state index in [0.29, 0.717) is 25.4 Å². The van der Waals surface area contributed by atoms with Crippen molar-refractivity contribution >= 4 is 17.4 Å². The maximum absolute atomic E-state index is 15.7. The Morgan fingerprint density at radius 3 is 2.68 bits per heavy atom. The number of nitrogens with two attached hydrogens (primary N) is 1. The van der Waals surface area contributed by atoms with Crippen molar-refractivity contribution in [3.63, 3.8) is 0 Å². The first kappa shape index (κ1) is 21.6. The molecular weight excluding hydrogens is 361 g/mol. The van der Waals surface area contributed by atoms with E-state index in [1.807, 2.05) is 30.3 Å². The second kappa shape index (κ2) is 10.0. The molecule has 28 heavy (non-hydrogen) atoms. The molecule has 0 heterocycles. The number of amides is 1. The Balaban J connectivity index is 2.21. The monoisotopic (exact) mass is 389 g/mol. The van der Waals surface area contributed by atoms with E-state index in [1.54, 1.807) is 20.1 Å². The molecule has 152 valence electrons. The van der Waals surface area contributed by atoms with Crippen LogP contribution in [0, 0.1) is 11.3 Å². The summed E-state index contributed by atoms with van der Waals surface area (Å²) in [5.41, 5.74) is 5.21. The van der Waals surface area contributed by atoms with Crippen molar-refractivity contribution in [1.29, 1.82) is 5.41 Å². The molecule has 0 fully saturated rings. The Morgan fingerprint density at radius 1 is 1.32 bits per heavy atom. The Bertz CT molecular complexity index is 749. The zero-order valence-electron chi connectivity index (χ0n) is 16.3. The Labute approximate surface area is 165 Å². The summed E-state index contributed by atoms with van der Waals surface area (Å²) in [5.74, 6) is -0.927. The fourth-order valence-corrected chi connectivity index (χ4v) is 3.16. The van der Waals surface area contributed by atoms with Gasteiger partial charge >= 0.3 is 0 Å². The number of guanidine groups is 1. The van der Waals surface area contributed by atoms with Crippen LogP contribution in [0.2, 0.25) is 0 Å². The molecule has 6 nitrogen and oxygen atoms in total. The molecule has 1 aliphatic rings. The van der Waals surface area contributed by atoms with E-state index in [4.69, 9.17) is 20.6 Å². The van der Waals surface area contributed by atoms with Crippen molar-refractivity contribution in [3.8, 4) is 0 Å². The molecule has 0 bridgehead atoms. The van der Waals surface area contributed by atoms with E-state index in [0.717, 1.165) is 11.1 Å². The summed E-state index contributed by atoms with van der Waals surface area (Å²) in [4.78, 5) is 11.8. The number of methoxy groups -OCH3 is 1. The molecule has 1 aromatic carbocycles. The van der Waals surface area contributed by atoms with Crippen LogP contribution in [0.3, 0.4) is 0 Å². The molecule has 7 heteroatoms. The van der Waals surface area contributed by atoms with Gasteiger partial charge in [-0.2, -0.15) is 0 Å². The van der Waals surface area contributed by atoms with Crippen LogP contribution in [-0.2, 0) is 14.3 Å². The molecule has 1 aromatic rings. The smallest absolute Gasteiger partial charge is 0.226 e. The number of allylic oxidation sites excluding steroid dienone is 4. The minimum absolute atomic E-state index is 0.0310. The van der Waals surface area contributed by atoms with E-state index in [1.165, 1.54) is 6.08 Å². The Morgan fingerprint density at radius 2 is 2.04 bits per heavy atom. The largest absolute Gasteiger partial charge is 0.497 e. The number of ether oxygens (including phenoxy) is 2. The third-order valence-electron chi connectivity index (χ3n) is 4.75. The van der Waals surface area contributed by atoms with Gasteiger partial charge in [-0.3, -0.25) is 15.5 Å². The third-order valence-corrected chi connectivity index (χ3v) is 4.75. The van der Waals surface area contributed by atoms with Crippen LogP contribution >= 0.6 is 0 Å². The summed E-state index contributed by atoms with van der Waals surface area (Å²) < 4.78 is 26.7. The molecule has 2 unspecified atom stereocenters. The first-order valence-corrected chi connectivity index (χ1v) is 9.30. The molecule has 0 saturated carbocycles. The summed E-state index contributed by atoms with van der Waals surface area (Å²) in [5, 5.41) is 9.28. The highest BCUT2D eigenvalue weighted by molar-refractivity contribution is 5.94. The fourth-order valence-electron chi connectivity index (χ4n) is 3.16. The lowest BCUT2D eigenvalue weighted by atomic mass is 9.78. The van der Waals surface area contributed by atoms with Gasteiger partial charge in [-0.25, -0.2) is 4.39 Å². The SMILES string of the molecule is COCCCOC1=C(c2ccccc2)C=CC(F)(CCC(=O)NC(=N)N)C1C. The first-order chi connectivity index (χ1) is 13.4. The average Bonchev–Trinajstić information content (AvgIpc) is 2.67. The summed E-state index contributed by atoms with van der Waals surface area (Å²) in [6.45, 7) is 2.74. The maximum atomic E-state index is 15.7. The summed E-state index contributed by atoms with van der Waals surface area (Å²) >= 11 is 0. The number of benzene rings is 1. The summed E-state index contributed by atoms with van der Waals surface area (Å²) in [6, 6.07) is 9.68. The lowest BCUT2D eigenvalue weighted by Crippen LogP contribution is -2.39. The normalized spacial score (nSPS) is 21.5. The van der Waals surface area contributed by atoms with Gasteiger partial charge in [0.2, 0.25) is 5.91 Å². The van der Waals surface area contributed by atoms with Gasteiger partial charge in [0.25, 0.3) is 0 Å². The number of carbonyl (C=O) groups excluding carboxylic acids is 1. The number of hydrogen-bond acceptors (Lipinski definition) is 4. The number of alkyl halides is 1. The van der Waals surface area contributed by atoms with Crippen LogP contribution in [0.4, 0.5) is 4.39 Å². The fraction of sp³-hybridized carbons (Fsp3) is 0.429. The molecule has 0 spiro atoms. The highest BCUT2D eigenvalue weighted by atomic mass is 19.1. The molecule has 0 radical (unpaired) electrons. The number of carbonyl (C=O) groups is 1. The number of halogens is 1. The number of nitrogens with one attached hydrogen (secondary N) is 2. The lowest BCUT2D eigenvalue weighted by Gasteiger charge is -2.34. The third kappa shape index (κ3) is 5.66. The molecule has 0 saturated heterocycles. The van der Waals surface area contributed by atoms with Gasteiger partial charge in [0.15, 0.2) is 5.96 Å². The second-order valence-corrected chi connectivity index (χ2v) is 6.78. The first-order valence-electron chi connectivity index (χ1n) is 9.30. The van der Waals surface area contributed by atoms with Crippen LogP contribution in [-0.4, -0.2) is 37.9 Å². The van der Waals surface area contributed by atoms with Gasteiger partial charge in [-0.1, -0.05) is 43.3 Å². The van der Waals surface area contributed by atoms with E-state index < -0.39 is 23.5 Å². The van der Waals surface area contributed by atoms with Crippen molar-refractivity contribution in [1.82, 2.24) is 5.32 Å². The topological polar surface area (TPSA) is 97.4 Å². The zero-order chi connectivity index (χ0) is 20.6. The molecule has 2 rings (SSSR count). The minimum atomic E-state index is -1.73. The predicted molar refractivity (Wildman–Crippen MR) is 107 cm³/mol. The van der Waals surface area contributed by atoms with Crippen LogP contribution in [0.15, 0.2) is 48.2 Å². The molecule has 2 atom stereocenters. The van der Waals surface area contributed by atoms with Crippen molar-refractivity contribution in [2.75, 3.05) is 20.3 Å². The van der Waals surface area contributed by atoms with Crippen molar-refractivity contribution in [3.05, 3.63) is 53.8 Å². The van der Waals surface area contributed by atoms with Crippen LogP contribution in [0.1, 0.15) is 31.7 Å². The average molecular weight is 389 g/mol. The van der Waals surface area contributed by atoms with E-state index >= 15 is 4.39 Å². The van der Waals surface area contributed by atoms with E-state index in [-0.39, 0.29) is 12.8 Å². The summed E-state index contributed by atoms with van der Waals surface area (Å²) in [6.07, 6.45) is 3.81. The van der Waals surface area contributed by atoms with Crippen molar-refractivity contribution in [2.45, 2.75) is 31.9 Å². The van der Waals surface area contributed by atoms with Crippen molar-refractivity contribution < 1.29 is 18.7 Å². The van der Waals surface area contributed by atoms with Gasteiger partial charge in [0.05, 0.1) is 12.5 Å². The molecule has 1 amide bonds. The standard InChI is InChI=1S/C21H28FN3O3/c1-15-19(28-14-6-13-27-2)17(16-7-4-3-5-8-16)9-11-21(15,22)12-10-18(26)25-20(23)24/h3-5,7-9,11,15H,6,10,12-14H2,1-2H3,(H4,23,24,25,26). The molecule has 0 aliphatic heterocycles. The van der Waals surface area contributed by atoms with Gasteiger partial charge in [-0.15, -0.1) is 0 Å². The van der Waals surface area contributed by atoms with Gasteiger partial charge in [0, 0.05) is 32.1 Å². The highest BCUT2D eigenvalue weighted by Gasteiger charge is 2.41. The van der Waals surface area contributed by atoms with E-state index in [9.17, 15) is 4.79 Å². The van der Waals surface area contributed by atoms with Gasteiger partial charge in [-0.05, 0) is 18.1 Å². The number of hydrogen-bond donors (Lipinski definition) is 3. The van der Waals surface area contributed by atoms with Gasteiger partial charge in [0.1, 0.15) is 11.4 Å². The molecule has 1 aliphatic carbocycles. The maximum Gasteiger partial charge on any atom is 0.226 e.